The van der Waals surface area contributed by atoms with Gasteiger partial charge >= 0.3 is 11.9 Å². The van der Waals surface area contributed by atoms with Gasteiger partial charge in [-0.3, -0.25) is 14.4 Å². The summed E-state index contributed by atoms with van der Waals surface area (Å²) in [4.78, 5) is 36.4. The molecule has 4 rings (SSSR count). The Hall–Kier alpha value is -4.92. The third-order valence-corrected chi connectivity index (χ3v) is 8.40. The predicted molar refractivity (Wildman–Crippen MR) is 182 cm³/mol. The van der Waals surface area contributed by atoms with Crippen LogP contribution in [0.25, 0.3) is 10.8 Å². The standard InChI is InChI=1S/C37H42FN3O5/c1-24(42)40-30-13-8-11-27-26(30)16-17-29(35(27)39-22-19-33(43)44)36(2,3)21-9-10-25(38)15-18-32-37(4,5)28-12-6-7-14-31(28)41(32)23-20-34(45)46/h6-18,39H,19-23H2,1-5H3,(H,40,42)(H,43,44)(H,45,46)/b10-9+,25-15-,32-18+. The summed E-state index contributed by atoms with van der Waals surface area (Å²) >= 11 is 0. The molecule has 0 aromatic heterocycles. The van der Waals surface area contributed by atoms with E-state index < -0.39 is 28.6 Å². The summed E-state index contributed by atoms with van der Waals surface area (Å²) in [6, 6.07) is 17.3. The molecule has 0 spiro atoms. The van der Waals surface area contributed by atoms with Crippen LogP contribution in [0, 0.1) is 0 Å². The highest BCUT2D eigenvalue weighted by Crippen LogP contribution is 2.47. The fraction of sp³-hybridized carbons (Fsp3) is 0.324. The lowest BCUT2D eigenvalue weighted by Gasteiger charge is -2.28. The van der Waals surface area contributed by atoms with Gasteiger partial charge in [-0.1, -0.05) is 76.2 Å². The average molecular weight is 628 g/mol. The van der Waals surface area contributed by atoms with Gasteiger partial charge in [-0.25, -0.2) is 4.39 Å². The molecular formula is C37H42FN3O5. The van der Waals surface area contributed by atoms with Crippen molar-refractivity contribution >= 4 is 45.7 Å². The molecule has 0 fully saturated rings. The van der Waals surface area contributed by atoms with Gasteiger partial charge in [0.2, 0.25) is 5.91 Å². The van der Waals surface area contributed by atoms with Gasteiger partial charge in [-0.15, -0.1) is 0 Å². The Balaban J connectivity index is 1.61. The maximum absolute atomic E-state index is 15.2. The number of aliphatic carboxylic acids is 2. The number of benzene rings is 3. The van der Waals surface area contributed by atoms with Crippen molar-refractivity contribution in [1.82, 2.24) is 0 Å². The lowest BCUT2D eigenvalue weighted by molar-refractivity contribution is -0.137. The molecule has 0 bridgehead atoms. The van der Waals surface area contributed by atoms with E-state index in [2.05, 4.69) is 10.6 Å². The zero-order chi connectivity index (χ0) is 33.6. The van der Waals surface area contributed by atoms with Gasteiger partial charge in [0.15, 0.2) is 0 Å². The van der Waals surface area contributed by atoms with E-state index in [0.717, 1.165) is 39.0 Å². The number of amides is 1. The third kappa shape index (κ3) is 7.65. The van der Waals surface area contributed by atoms with Crippen LogP contribution < -0.4 is 15.5 Å². The second-order valence-corrected chi connectivity index (χ2v) is 12.7. The molecule has 3 aromatic carbocycles. The number of anilines is 3. The highest BCUT2D eigenvalue weighted by molar-refractivity contribution is 6.06. The van der Waals surface area contributed by atoms with Crippen molar-refractivity contribution in [2.75, 3.05) is 28.6 Å². The van der Waals surface area contributed by atoms with Crippen LogP contribution in [0.3, 0.4) is 0 Å². The molecule has 8 nitrogen and oxygen atoms in total. The summed E-state index contributed by atoms with van der Waals surface area (Å²) in [6.07, 6.45) is 6.73. The molecule has 0 unspecified atom stereocenters. The Morgan fingerprint density at radius 2 is 1.67 bits per heavy atom. The molecule has 4 N–H and O–H groups in total. The first-order chi connectivity index (χ1) is 21.7. The number of rotatable bonds is 13. The molecule has 1 heterocycles. The normalized spacial score (nSPS) is 15.4. The third-order valence-electron chi connectivity index (χ3n) is 8.40. The maximum atomic E-state index is 15.2. The predicted octanol–water partition coefficient (Wildman–Crippen LogP) is 7.92. The van der Waals surface area contributed by atoms with E-state index in [0.29, 0.717) is 12.1 Å². The average Bonchev–Trinajstić information content (AvgIpc) is 3.19. The van der Waals surface area contributed by atoms with Crippen molar-refractivity contribution in [1.29, 1.82) is 0 Å². The van der Waals surface area contributed by atoms with Crippen LogP contribution in [0.1, 0.15) is 65.0 Å². The van der Waals surface area contributed by atoms with Crippen molar-refractivity contribution in [2.45, 2.75) is 64.7 Å². The number of carbonyl (C=O) groups excluding carboxylic acids is 1. The van der Waals surface area contributed by atoms with Gasteiger partial charge < -0.3 is 25.7 Å². The number of carboxylic acids is 2. The topological polar surface area (TPSA) is 119 Å². The fourth-order valence-corrected chi connectivity index (χ4v) is 6.08. The first-order valence-electron chi connectivity index (χ1n) is 15.3. The Morgan fingerprint density at radius 1 is 0.957 bits per heavy atom. The molecule has 242 valence electrons. The Bertz CT molecular complexity index is 1740. The van der Waals surface area contributed by atoms with Crippen LogP contribution in [0.2, 0.25) is 0 Å². The minimum Gasteiger partial charge on any atom is -0.481 e. The van der Waals surface area contributed by atoms with E-state index in [1.165, 1.54) is 19.1 Å². The summed E-state index contributed by atoms with van der Waals surface area (Å²) in [6.45, 7) is 10.1. The lowest BCUT2D eigenvalue weighted by Crippen LogP contribution is -2.28. The van der Waals surface area contributed by atoms with E-state index >= 15 is 4.39 Å². The second kappa shape index (κ2) is 14.0. The molecular weight excluding hydrogens is 585 g/mol. The molecule has 3 aromatic rings. The van der Waals surface area contributed by atoms with Gasteiger partial charge in [-0.2, -0.15) is 0 Å². The number of carbonyl (C=O) groups is 3. The molecule has 46 heavy (non-hydrogen) atoms. The quantitative estimate of drug-likeness (QED) is 0.142. The van der Waals surface area contributed by atoms with Crippen LogP contribution in [0.15, 0.2) is 90.4 Å². The number of carboxylic acid groups (broad SMARTS) is 2. The van der Waals surface area contributed by atoms with E-state index in [4.69, 9.17) is 0 Å². The number of nitrogens with zero attached hydrogens (tertiary/aromatic N) is 1. The number of allylic oxidation sites excluding steroid dienone is 6. The number of nitrogens with one attached hydrogen (secondary N) is 2. The summed E-state index contributed by atoms with van der Waals surface area (Å²) < 4.78 is 15.2. The van der Waals surface area contributed by atoms with Crippen LogP contribution >= 0.6 is 0 Å². The summed E-state index contributed by atoms with van der Waals surface area (Å²) in [5, 5.41) is 26.4. The van der Waals surface area contributed by atoms with Gasteiger partial charge in [0, 0.05) is 59.0 Å². The van der Waals surface area contributed by atoms with Crippen LogP contribution in [0.4, 0.5) is 21.5 Å². The summed E-state index contributed by atoms with van der Waals surface area (Å²) in [5.74, 6) is -2.44. The molecule has 0 atom stereocenters. The van der Waals surface area contributed by atoms with E-state index in [1.54, 1.807) is 12.2 Å². The molecule has 0 saturated heterocycles. The zero-order valence-corrected chi connectivity index (χ0v) is 27.0. The minimum atomic E-state index is -0.914. The van der Waals surface area contributed by atoms with E-state index in [1.807, 2.05) is 87.2 Å². The molecule has 0 aliphatic carbocycles. The Labute approximate surface area is 269 Å². The molecule has 1 amide bonds. The fourth-order valence-electron chi connectivity index (χ4n) is 6.08. The highest BCUT2D eigenvalue weighted by atomic mass is 19.1. The van der Waals surface area contributed by atoms with E-state index in [-0.39, 0.29) is 31.8 Å². The summed E-state index contributed by atoms with van der Waals surface area (Å²) in [5.41, 5.74) is 4.27. The molecule has 9 heteroatoms. The van der Waals surface area contributed by atoms with Crippen LogP contribution in [-0.4, -0.2) is 41.1 Å². The lowest BCUT2D eigenvalue weighted by atomic mass is 9.79. The SMILES string of the molecule is CC(=O)Nc1cccc2c(NCCC(=O)O)c(C(C)(C)C/C=C/C(F)=C/C=C3/N(CCC(=O)O)c4ccccc4C3(C)C)ccc12. The largest absolute Gasteiger partial charge is 0.481 e. The number of fused-ring (bicyclic) bond motifs is 2. The minimum absolute atomic E-state index is 0.0422. The summed E-state index contributed by atoms with van der Waals surface area (Å²) in [7, 11) is 0. The Kier molecular flexibility index (Phi) is 10.4. The molecule has 0 saturated carbocycles. The molecule has 0 radical (unpaired) electrons. The van der Waals surface area contributed by atoms with Gasteiger partial charge in [-0.05, 0) is 53.3 Å². The molecule has 1 aliphatic rings. The van der Waals surface area contributed by atoms with Crippen molar-refractivity contribution in [3.63, 3.8) is 0 Å². The number of halogens is 1. The first kappa shape index (κ1) is 34.0. The van der Waals surface area contributed by atoms with Crippen molar-refractivity contribution in [3.05, 3.63) is 102 Å². The first-order valence-corrected chi connectivity index (χ1v) is 15.3. The van der Waals surface area contributed by atoms with Crippen LogP contribution in [-0.2, 0) is 25.2 Å². The second-order valence-electron chi connectivity index (χ2n) is 12.7. The number of para-hydroxylation sites is 1. The van der Waals surface area contributed by atoms with E-state index in [9.17, 15) is 24.6 Å². The molecule has 1 aliphatic heterocycles. The smallest absolute Gasteiger partial charge is 0.305 e. The van der Waals surface area contributed by atoms with Crippen molar-refractivity contribution < 1.29 is 29.0 Å². The van der Waals surface area contributed by atoms with Crippen LogP contribution in [0.5, 0.6) is 0 Å². The monoisotopic (exact) mass is 627 g/mol. The van der Waals surface area contributed by atoms with Crippen molar-refractivity contribution in [3.8, 4) is 0 Å². The zero-order valence-electron chi connectivity index (χ0n) is 27.0. The van der Waals surface area contributed by atoms with Crippen molar-refractivity contribution in [2.24, 2.45) is 0 Å². The maximum Gasteiger partial charge on any atom is 0.305 e. The number of hydrogen-bond acceptors (Lipinski definition) is 5. The van der Waals surface area contributed by atoms with Gasteiger partial charge in [0.1, 0.15) is 5.83 Å². The number of hydrogen-bond donors (Lipinski definition) is 4. The van der Waals surface area contributed by atoms with Gasteiger partial charge in [0.05, 0.1) is 12.8 Å². The highest BCUT2D eigenvalue weighted by Gasteiger charge is 2.39. The Morgan fingerprint density at radius 3 is 2.37 bits per heavy atom. The van der Waals surface area contributed by atoms with Gasteiger partial charge in [0.25, 0.3) is 0 Å².